The second-order valence-electron chi connectivity index (χ2n) is 8.20. The van der Waals surface area contributed by atoms with Crippen molar-refractivity contribution in [1.82, 2.24) is 9.88 Å². The monoisotopic (exact) mass is 433 g/mol. The zero-order valence-corrected chi connectivity index (χ0v) is 19.0. The number of nitrogens with zero attached hydrogens (tertiary/aromatic N) is 2. The Kier molecular flexibility index (Phi) is 6.18. The number of para-hydroxylation sites is 1. The molecule has 6 heteroatoms. The van der Waals surface area contributed by atoms with E-state index in [4.69, 9.17) is 0 Å². The van der Waals surface area contributed by atoms with Crippen LogP contribution in [0.25, 0.3) is 10.6 Å². The number of anilines is 1. The first-order valence-corrected chi connectivity index (χ1v) is 11.4. The van der Waals surface area contributed by atoms with Crippen molar-refractivity contribution in [3.05, 3.63) is 70.2 Å². The van der Waals surface area contributed by atoms with Crippen LogP contribution in [0.3, 0.4) is 0 Å². The standard InChI is InChI=1S/C25H27N3O2S/c1-16-11-12-21(17(2)14-16)24-26-18(3)22(31-24)25(30)28-13-7-8-19(15-28)23(29)27-20-9-5-4-6-10-20/h4-6,9-12,14,19H,7-8,13,15H2,1-3H3,(H,27,29). The van der Waals surface area contributed by atoms with Gasteiger partial charge in [-0.15, -0.1) is 11.3 Å². The molecule has 0 radical (unpaired) electrons. The van der Waals surface area contributed by atoms with Gasteiger partial charge in [0.2, 0.25) is 5.91 Å². The van der Waals surface area contributed by atoms with Crippen molar-refractivity contribution in [3.8, 4) is 10.6 Å². The molecular formula is C25H27N3O2S. The van der Waals surface area contributed by atoms with E-state index in [9.17, 15) is 9.59 Å². The van der Waals surface area contributed by atoms with Gasteiger partial charge < -0.3 is 10.2 Å². The van der Waals surface area contributed by atoms with Crippen LogP contribution in [0.5, 0.6) is 0 Å². The summed E-state index contributed by atoms with van der Waals surface area (Å²) in [6.07, 6.45) is 1.61. The van der Waals surface area contributed by atoms with Crippen LogP contribution in [0.15, 0.2) is 48.5 Å². The molecule has 2 heterocycles. The summed E-state index contributed by atoms with van der Waals surface area (Å²) in [7, 11) is 0. The second-order valence-corrected chi connectivity index (χ2v) is 9.20. The molecule has 3 aromatic rings. The highest BCUT2D eigenvalue weighted by atomic mass is 32.1. The van der Waals surface area contributed by atoms with Gasteiger partial charge in [-0.05, 0) is 51.3 Å². The predicted molar refractivity (Wildman–Crippen MR) is 125 cm³/mol. The minimum atomic E-state index is -0.204. The minimum Gasteiger partial charge on any atom is -0.337 e. The minimum absolute atomic E-state index is 0.0248. The molecule has 0 spiro atoms. The Morgan fingerprint density at radius 3 is 2.61 bits per heavy atom. The first kappa shape index (κ1) is 21.2. The molecule has 0 aliphatic carbocycles. The van der Waals surface area contributed by atoms with E-state index in [1.165, 1.54) is 16.9 Å². The number of likely N-dealkylation sites (tertiary alicyclic amines) is 1. The Morgan fingerprint density at radius 1 is 1.10 bits per heavy atom. The quantitative estimate of drug-likeness (QED) is 0.613. The lowest BCUT2D eigenvalue weighted by molar-refractivity contribution is -0.121. The van der Waals surface area contributed by atoms with Crippen LogP contribution in [-0.4, -0.2) is 34.8 Å². The third kappa shape index (κ3) is 4.69. The van der Waals surface area contributed by atoms with Gasteiger partial charge in [0.05, 0.1) is 11.6 Å². The average Bonchev–Trinajstić information content (AvgIpc) is 3.15. The number of piperidine rings is 1. The molecule has 160 valence electrons. The van der Waals surface area contributed by atoms with Gasteiger partial charge in [-0.25, -0.2) is 4.98 Å². The predicted octanol–water partition coefficient (Wildman–Crippen LogP) is 5.23. The highest BCUT2D eigenvalue weighted by molar-refractivity contribution is 7.17. The summed E-state index contributed by atoms with van der Waals surface area (Å²) >= 11 is 1.44. The van der Waals surface area contributed by atoms with Crippen LogP contribution in [0.4, 0.5) is 5.69 Å². The van der Waals surface area contributed by atoms with E-state index in [1.807, 2.05) is 42.2 Å². The van der Waals surface area contributed by atoms with E-state index in [0.29, 0.717) is 18.0 Å². The summed E-state index contributed by atoms with van der Waals surface area (Å²) < 4.78 is 0. The van der Waals surface area contributed by atoms with Gasteiger partial charge in [0.15, 0.2) is 0 Å². The van der Waals surface area contributed by atoms with Crippen LogP contribution in [0.1, 0.15) is 39.3 Å². The summed E-state index contributed by atoms with van der Waals surface area (Å²) in [6, 6.07) is 15.7. The lowest BCUT2D eigenvalue weighted by Crippen LogP contribution is -2.43. The van der Waals surface area contributed by atoms with Gasteiger partial charge in [0.1, 0.15) is 9.88 Å². The molecule has 1 atom stereocenters. The molecule has 5 nitrogen and oxygen atoms in total. The van der Waals surface area contributed by atoms with E-state index in [2.05, 4.69) is 42.3 Å². The normalized spacial score (nSPS) is 16.2. The van der Waals surface area contributed by atoms with Crippen molar-refractivity contribution in [2.75, 3.05) is 18.4 Å². The van der Waals surface area contributed by atoms with Gasteiger partial charge in [-0.1, -0.05) is 42.0 Å². The molecule has 0 saturated carbocycles. The summed E-state index contributed by atoms with van der Waals surface area (Å²) in [5, 5.41) is 3.84. The fourth-order valence-corrected chi connectivity index (χ4v) is 5.17. The number of carbonyl (C=O) groups excluding carboxylic acids is 2. The molecule has 1 aliphatic heterocycles. The van der Waals surface area contributed by atoms with Crippen molar-refractivity contribution in [2.24, 2.45) is 5.92 Å². The number of aromatic nitrogens is 1. The van der Waals surface area contributed by atoms with E-state index in [1.54, 1.807) is 0 Å². The van der Waals surface area contributed by atoms with Crippen molar-refractivity contribution in [1.29, 1.82) is 0 Å². The third-order valence-corrected chi connectivity index (χ3v) is 6.90. The molecule has 1 fully saturated rings. The van der Waals surface area contributed by atoms with E-state index < -0.39 is 0 Å². The summed E-state index contributed by atoms with van der Waals surface area (Å²) in [5.74, 6) is -0.256. The lowest BCUT2D eigenvalue weighted by atomic mass is 9.96. The SMILES string of the molecule is Cc1ccc(-c2nc(C)c(C(=O)N3CCCC(C(=O)Nc4ccccc4)C3)s2)c(C)c1. The van der Waals surface area contributed by atoms with Crippen LogP contribution in [0.2, 0.25) is 0 Å². The summed E-state index contributed by atoms with van der Waals surface area (Å²) in [5.41, 5.74) is 4.96. The smallest absolute Gasteiger partial charge is 0.265 e. The molecule has 2 aromatic carbocycles. The van der Waals surface area contributed by atoms with Gasteiger partial charge in [0.25, 0.3) is 5.91 Å². The van der Waals surface area contributed by atoms with Crippen LogP contribution >= 0.6 is 11.3 Å². The maximum atomic E-state index is 13.3. The lowest BCUT2D eigenvalue weighted by Gasteiger charge is -2.31. The highest BCUT2D eigenvalue weighted by Gasteiger charge is 2.31. The number of nitrogens with one attached hydrogen (secondary N) is 1. The number of thiazole rings is 1. The largest absolute Gasteiger partial charge is 0.337 e. The molecule has 1 saturated heterocycles. The second kappa shape index (κ2) is 9.02. The summed E-state index contributed by atoms with van der Waals surface area (Å²) in [6.45, 7) is 7.14. The van der Waals surface area contributed by atoms with E-state index in [0.717, 1.165) is 40.4 Å². The van der Waals surface area contributed by atoms with Crippen molar-refractivity contribution >= 4 is 28.8 Å². The van der Waals surface area contributed by atoms with Crippen LogP contribution < -0.4 is 5.32 Å². The van der Waals surface area contributed by atoms with Crippen LogP contribution in [-0.2, 0) is 4.79 Å². The Balaban J connectivity index is 1.49. The topological polar surface area (TPSA) is 62.3 Å². The Hall–Kier alpha value is -2.99. The number of amides is 2. The first-order chi connectivity index (χ1) is 14.9. The zero-order chi connectivity index (χ0) is 22.0. The molecule has 1 aliphatic rings. The Labute approximate surface area is 187 Å². The van der Waals surface area contributed by atoms with Crippen molar-refractivity contribution in [2.45, 2.75) is 33.6 Å². The maximum Gasteiger partial charge on any atom is 0.265 e. The molecule has 1 N–H and O–H groups in total. The molecule has 0 bridgehead atoms. The number of benzene rings is 2. The number of carbonyl (C=O) groups is 2. The Bertz CT molecular complexity index is 1110. The highest BCUT2D eigenvalue weighted by Crippen LogP contribution is 2.32. The molecule has 1 aromatic heterocycles. The van der Waals surface area contributed by atoms with Crippen LogP contribution in [0, 0.1) is 26.7 Å². The molecule has 31 heavy (non-hydrogen) atoms. The van der Waals surface area contributed by atoms with Gasteiger partial charge in [-0.2, -0.15) is 0 Å². The van der Waals surface area contributed by atoms with Gasteiger partial charge in [0, 0.05) is 24.3 Å². The molecule has 2 amide bonds. The summed E-state index contributed by atoms with van der Waals surface area (Å²) in [4.78, 5) is 33.2. The zero-order valence-electron chi connectivity index (χ0n) is 18.1. The third-order valence-electron chi connectivity index (χ3n) is 5.72. The van der Waals surface area contributed by atoms with E-state index >= 15 is 0 Å². The average molecular weight is 434 g/mol. The molecule has 1 unspecified atom stereocenters. The fourth-order valence-electron chi connectivity index (χ4n) is 4.05. The van der Waals surface area contributed by atoms with E-state index in [-0.39, 0.29) is 17.7 Å². The number of aryl methyl sites for hydroxylation is 3. The van der Waals surface area contributed by atoms with Gasteiger partial charge in [-0.3, -0.25) is 9.59 Å². The maximum absolute atomic E-state index is 13.3. The molecular weight excluding hydrogens is 406 g/mol. The molecule has 4 rings (SSSR count). The fraction of sp³-hybridized carbons (Fsp3) is 0.320. The van der Waals surface area contributed by atoms with Crippen molar-refractivity contribution in [3.63, 3.8) is 0 Å². The first-order valence-electron chi connectivity index (χ1n) is 10.6. The number of rotatable bonds is 4. The number of hydrogen-bond acceptors (Lipinski definition) is 4. The van der Waals surface area contributed by atoms with Gasteiger partial charge >= 0.3 is 0 Å². The number of hydrogen-bond donors (Lipinski definition) is 1. The Morgan fingerprint density at radius 2 is 1.87 bits per heavy atom. The van der Waals surface area contributed by atoms with Crippen molar-refractivity contribution < 1.29 is 9.59 Å².